The van der Waals surface area contributed by atoms with Gasteiger partial charge in [0.15, 0.2) is 16.6 Å². The van der Waals surface area contributed by atoms with Gasteiger partial charge in [-0.15, -0.1) is 11.3 Å². The number of anilines is 1. The maximum absolute atomic E-state index is 13.1. The van der Waals surface area contributed by atoms with E-state index in [1.807, 2.05) is 26.2 Å². The molecule has 31 heavy (non-hydrogen) atoms. The molecule has 0 saturated carbocycles. The van der Waals surface area contributed by atoms with E-state index in [0.717, 1.165) is 12.1 Å². The lowest BCUT2D eigenvalue weighted by Gasteiger charge is -2.31. The van der Waals surface area contributed by atoms with Crippen molar-refractivity contribution in [3.63, 3.8) is 0 Å². The number of benzene rings is 1. The van der Waals surface area contributed by atoms with Crippen LogP contribution in [0.2, 0.25) is 5.02 Å². The number of halogens is 1. The molecule has 1 N–H and O–H groups in total. The van der Waals surface area contributed by atoms with Crippen molar-refractivity contribution in [1.82, 2.24) is 9.88 Å². The van der Waals surface area contributed by atoms with Crippen LogP contribution < -0.4 is 14.8 Å². The van der Waals surface area contributed by atoms with Gasteiger partial charge >= 0.3 is 0 Å². The summed E-state index contributed by atoms with van der Waals surface area (Å²) in [4.78, 5) is 31.6. The highest BCUT2D eigenvalue weighted by Gasteiger charge is 2.29. The van der Waals surface area contributed by atoms with Gasteiger partial charge < -0.3 is 19.7 Å². The van der Waals surface area contributed by atoms with Crippen LogP contribution in [-0.2, 0) is 4.79 Å². The van der Waals surface area contributed by atoms with E-state index >= 15 is 0 Å². The summed E-state index contributed by atoms with van der Waals surface area (Å²) >= 11 is 7.81. The van der Waals surface area contributed by atoms with Gasteiger partial charge in [-0.25, -0.2) is 4.98 Å². The molecule has 3 rings (SSSR count). The third-order valence-electron chi connectivity index (χ3n) is 5.01. The summed E-state index contributed by atoms with van der Waals surface area (Å²) in [7, 11) is 0. The molecule has 2 amide bonds. The normalized spacial score (nSPS) is 14.4. The Morgan fingerprint density at radius 1 is 1.26 bits per heavy atom. The number of nitrogens with one attached hydrogen (secondary N) is 1. The maximum Gasteiger partial charge on any atom is 0.254 e. The zero-order valence-electron chi connectivity index (χ0n) is 18.1. The minimum Gasteiger partial charge on any atom is -0.490 e. The highest BCUT2D eigenvalue weighted by Crippen LogP contribution is 2.37. The Morgan fingerprint density at radius 3 is 2.61 bits per heavy atom. The second-order valence-corrected chi connectivity index (χ2v) is 8.68. The van der Waals surface area contributed by atoms with Crippen LogP contribution in [0.25, 0.3) is 0 Å². The number of amides is 2. The standard InChI is InChI=1S/C22H28ClN3O4S/c1-4-10-30-19-17(23)11-16(12-18(19)29-5-2)21(28)26-8-6-15(7-9-26)20(27)25-22-24-14(3)13-31-22/h11-13,15H,4-10H2,1-3H3,(H,24,25,27). The second kappa shape index (κ2) is 10.8. The molecule has 2 heterocycles. The van der Waals surface area contributed by atoms with Gasteiger partial charge in [-0.1, -0.05) is 18.5 Å². The Hall–Kier alpha value is -2.32. The first kappa shape index (κ1) is 23.3. The highest BCUT2D eigenvalue weighted by atomic mass is 35.5. The summed E-state index contributed by atoms with van der Waals surface area (Å²) in [5.41, 5.74) is 1.34. The van der Waals surface area contributed by atoms with Crippen LogP contribution in [0.5, 0.6) is 11.5 Å². The van der Waals surface area contributed by atoms with Crippen LogP contribution in [0, 0.1) is 12.8 Å². The van der Waals surface area contributed by atoms with Crippen LogP contribution in [-0.4, -0.2) is 48.0 Å². The lowest BCUT2D eigenvalue weighted by Crippen LogP contribution is -2.41. The molecule has 2 aromatic rings. The first-order valence-electron chi connectivity index (χ1n) is 10.5. The summed E-state index contributed by atoms with van der Waals surface area (Å²) in [6.07, 6.45) is 2.05. The minimum absolute atomic E-state index is 0.0412. The van der Waals surface area contributed by atoms with Gasteiger partial charge in [0.05, 0.1) is 23.9 Å². The molecule has 1 aliphatic heterocycles. The van der Waals surface area contributed by atoms with Gasteiger partial charge in [0, 0.05) is 30.0 Å². The maximum atomic E-state index is 13.1. The van der Waals surface area contributed by atoms with Crippen molar-refractivity contribution in [2.45, 2.75) is 40.0 Å². The molecule has 1 aromatic heterocycles. The number of aryl methyl sites for hydroxylation is 1. The van der Waals surface area contributed by atoms with E-state index in [-0.39, 0.29) is 17.7 Å². The Labute approximate surface area is 191 Å². The third kappa shape index (κ3) is 5.89. The second-order valence-electron chi connectivity index (χ2n) is 7.42. The van der Waals surface area contributed by atoms with Crippen LogP contribution in [0.3, 0.4) is 0 Å². The van der Waals surface area contributed by atoms with Gasteiger partial charge in [-0.05, 0) is 45.2 Å². The number of likely N-dealkylation sites (tertiary alicyclic amines) is 1. The predicted molar refractivity (Wildman–Crippen MR) is 123 cm³/mol. The zero-order valence-corrected chi connectivity index (χ0v) is 19.6. The molecular weight excluding hydrogens is 438 g/mol. The topological polar surface area (TPSA) is 80.8 Å². The molecular formula is C22H28ClN3O4S. The fraction of sp³-hybridized carbons (Fsp3) is 0.500. The summed E-state index contributed by atoms with van der Waals surface area (Å²) in [5, 5.41) is 5.75. The molecule has 0 unspecified atom stereocenters. The number of nitrogens with zero attached hydrogens (tertiary/aromatic N) is 2. The summed E-state index contributed by atoms with van der Waals surface area (Å²) < 4.78 is 11.4. The Balaban J connectivity index is 1.63. The summed E-state index contributed by atoms with van der Waals surface area (Å²) in [6.45, 7) is 7.73. The average Bonchev–Trinajstić information content (AvgIpc) is 3.17. The molecule has 1 fully saturated rings. The molecule has 1 aliphatic rings. The summed E-state index contributed by atoms with van der Waals surface area (Å²) in [5.74, 6) is 0.634. The van der Waals surface area contributed by atoms with Crippen molar-refractivity contribution < 1.29 is 19.1 Å². The highest BCUT2D eigenvalue weighted by molar-refractivity contribution is 7.13. The van der Waals surface area contributed by atoms with E-state index in [9.17, 15) is 9.59 Å². The largest absolute Gasteiger partial charge is 0.490 e. The number of aromatic nitrogens is 1. The molecule has 168 valence electrons. The fourth-order valence-electron chi connectivity index (χ4n) is 3.44. The number of rotatable bonds is 8. The van der Waals surface area contributed by atoms with Crippen LogP contribution in [0.1, 0.15) is 49.2 Å². The molecule has 7 nitrogen and oxygen atoms in total. The number of carbonyl (C=O) groups is 2. The van der Waals surface area contributed by atoms with E-state index in [2.05, 4.69) is 10.3 Å². The lowest BCUT2D eigenvalue weighted by atomic mass is 9.95. The first-order chi connectivity index (χ1) is 14.9. The molecule has 0 spiro atoms. The van der Waals surface area contributed by atoms with Gasteiger partial charge in [-0.2, -0.15) is 0 Å². The molecule has 0 aliphatic carbocycles. The van der Waals surface area contributed by atoms with Gasteiger partial charge in [-0.3, -0.25) is 9.59 Å². The molecule has 0 atom stereocenters. The van der Waals surface area contributed by atoms with E-state index < -0.39 is 0 Å². The number of piperidine rings is 1. The van der Waals surface area contributed by atoms with Gasteiger partial charge in [0.1, 0.15) is 0 Å². The van der Waals surface area contributed by atoms with E-state index in [0.29, 0.717) is 66.4 Å². The monoisotopic (exact) mass is 465 g/mol. The Kier molecular flexibility index (Phi) is 8.15. The Bertz CT molecular complexity index is 925. The number of carbonyl (C=O) groups excluding carboxylic acids is 2. The lowest BCUT2D eigenvalue weighted by molar-refractivity contribution is -0.121. The summed E-state index contributed by atoms with van der Waals surface area (Å²) in [6, 6.07) is 3.31. The van der Waals surface area contributed by atoms with Crippen molar-refractivity contribution in [2.75, 3.05) is 31.6 Å². The average molecular weight is 466 g/mol. The third-order valence-corrected chi connectivity index (χ3v) is 6.17. The quantitative estimate of drug-likeness (QED) is 0.606. The van der Waals surface area contributed by atoms with Crippen LogP contribution >= 0.6 is 22.9 Å². The van der Waals surface area contributed by atoms with Crippen LogP contribution in [0.4, 0.5) is 5.13 Å². The Morgan fingerprint density at radius 2 is 2.00 bits per heavy atom. The zero-order chi connectivity index (χ0) is 22.4. The van der Waals surface area contributed by atoms with E-state index in [1.54, 1.807) is 17.0 Å². The molecule has 0 bridgehead atoms. The van der Waals surface area contributed by atoms with E-state index in [1.165, 1.54) is 11.3 Å². The number of thiazole rings is 1. The van der Waals surface area contributed by atoms with E-state index in [4.69, 9.17) is 21.1 Å². The van der Waals surface area contributed by atoms with Gasteiger partial charge in [0.25, 0.3) is 5.91 Å². The fourth-order valence-corrected chi connectivity index (χ4v) is 4.40. The van der Waals surface area contributed by atoms with Crippen molar-refractivity contribution in [3.05, 3.63) is 33.8 Å². The minimum atomic E-state index is -0.138. The van der Waals surface area contributed by atoms with Gasteiger partial charge in [0.2, 0.25) is 5.91 Å². The molecule has 1 saturated heterocycles. The molecule has 9 heteroatoms. The number of hydrogen-bond donors (Lipinski definition) is 1. The molecule has 1 aromatic carbocycles. The van der Waals surface area contributed by atoms with Crippen molar-refractivity contribution >= 4 is 39.9 Å². The predicted octanol–water partition coefficient (Wildman–Crippen LogP) is 4.78. The smallest absolute Gasteiger partial charge is 0.254 e. The van der Waals surface area contributed by atoms with Crippen molar-refractivity contribution in [2.24, 2.45) is 5.92 Å². The van der Waals surface area contributed by atoms with Crippen molar-refractivity contribution in [3.8, 4) is 11.5 Å². The number of hydrogen-bond acceptors (Lipinski definition) is 6. The first-order valence-corrected chi connectivity index (χ1v) is 11.8. The van der Waals surface area contributed by atoms with Crippen LogP contribution in [0.15, 0.2) is 17.5 Å². The SMILES string of the molecule is CCCOc1c(Cl)cc(C(=O)N2CCC(C(=O)Nc3nc(C)cs3)CC2)cc1OCC. The number of ether oxygens (including phenoxy) is 2. The van der Waals surface area contributed by atoms with Crippen molar-refractivity contribution in [1.29, 1.82) is 0 Å². The molecule has 0 radical (unpaired) electrons.